The van der Waals surface area contributed by atoms with Crippen LogP contribution in [0, 0.1) is 41.4 Å². The number of rotatable bonds is 14. The average molecular weight is 339 g/mol. The molecular weight excluding hydrogens is 288 g/mol. The van der Waals surface area contributed by atoms with Gasteiger partial charge in [0.15, 0.2) is 0 Å². The summed E-state index contributed by atoms with van der Waals surface area (Å²) >= 11 is 0. The van der Waals surface area contributed by atoms with Gasteiger partial charge in [0.1, 0.15) is 0 Å². The molecule has 0 heteroatoms. The van der Waals surface area contributed by atoms with E-state index < -0.39 is 0 Å². The van der Waals surface area contributed by atoms with Crippen molar-refractivity contribution in [1.82, 2.24) is 0 Å². The fourth-order valence-electron chi connectivity index (χ4n) is 6.08. The van der Waals surface area contributed by atoms with Gasteiger partial charge in [-0.1, -0.05) is 114 Å². The van der Waals surface area contributed by atoms with Crippen LogP contribution in [0.2, 0.25) is 0 Å². The van der Waals surface area contributed by atoms with Gasteiger partial charge in [-0.3, -0.25) is 0 Å². The van der Waals surface area contributed by atoms with Gasteiger partial charge in [0.25, 0.3) is 0 Å². The highest BCUT2D eigenvalue weighted by atomic mass is 14.4. The molecule has 0 fully saturated rings. The topological polar surface area (TPSA) is 0 Å². The molecule has 0 radical (unpaired) electrons. The fourth-order valence-corrected chi connectivity index (χ4v) is 6.08. The third-order valence-electron chi connectivity index (χ3n) is 7.59. The smallest absolute Gasteiger partial charge is 0.0329 e. The minimum Gasteiger partial charge on any atom is -0.0651 e. The monoisotopic (exact) mass is 338 g/mol. The van der Waals surface area contributed by atoms with Gasteiger partial charge in [-0.25, -0.2) is 0 Å². The molecule has 0 bridgehead atoms. The van der Waals surface area contributed by atoms with Gasteiger partial charge in [0.2, 0.25) is 0 Å². The van der Waals surface area contributed by atoms with E-state index in [0.717, 1.165) is 41.4 Å². The Morgan fingerprint density at radius 1 is 0.375 bits per heavy atom. The Morgan fingerprint density at radius 3 is 0.667 bits per heavy atom. The third-order valence-corrected chi connectivity index (χ3v) is 7.59. The molecule has 0 aromatic carbocycles. The zero-order valence-corrected chi connectivity index (χ0v) is 18.7. The maximum Gasteiger partial charge on any atom is -0.0329 e. The first-order chi connectivity index (χ1) is 11.5. The van der Waals surface area contributed by atoms with Crippen molar-refractivity contribution in [3.8, 4) is 0 Å². The first-order valence-corrected chi connectivity index (χ1v) is 11.5. The molecule has 0 aromatic rings. The van der Waals surface area contributed by atoms with Crippen LogP contribution in [0.4, 0.5) is 0 Å². The largest absolute Gasteiger partial charge is 0.0651 e. The second-order valence-corrected chi connectivity index (χ2v) is 8.32. The fraction of sp³-hybridized carbons (Fsp3) is 1.00. The lowest BCUT2D eigenvalue weighted by Gasteiger charge is -2.45. The highest BCUT2D eigenvalue weighted by Gasteiger charge is 2.39. The van der Waals surface area contributed by atoms with Crippen LogP contribution >= 0.6 is 0 Å². The van der Waals surface area contributed by atoms with Crippen molar-refractivity contribution in [2.45, 2.75) is 114 Å². The van der Waals surface area contributed by atoms with Crippen LogP contribution in [0.5, 0.6) is 0 Å². The summed E-state index contributed by atoms with van der Waals surface area (Å²) in [5.41, 5.74) is 0. The Morgan fingerprint density at radius 2 is 0.542 bits per heavy atom. The lowest BCUT2D eigenvalue weighted by Crippen LogP contribution is -2.38. The van der Waals surface area contributed by atoms with Gasteiger partial charge in [0, 0.05) is 0 Å². The summed E-state index contributed by atoms with van der Waals surface area (Å²) in [7, 11) is 0. The molecule has 0 aliphatic carbocycles. The summed E-state index contributed by atoms with van der Waals surface area (Å²) in [5, 5.41) is 0. The zero-order chi connectivity index (χ0) is 18.7. The van der Waals surface area contributed by atoms with Crippen molar-refractivity contribution in [3.05, 3.63) is 0 Å². The summed E-state index contributed by atoms with van der Waals surface area (Å²) in [4.78, 5) is 0. The van der Waals surface area contributed by atoms with Crippen LogP contribution in [-0.2, 0) is 0 Å². The quantitative estimate of drug-likeness (QED) is 0.297. The molecule has 0 spiro atoms. The van der Waals surface area contributed by atoms with Crippen LogP contribution in [-0.4, -0.2) is 0 Å². The van der Waals surface area contributed by atoms with E-state index in [4.69, 9.17) is 0 Å². The summed E-state index contributed by atoms with van der Waals surface area (Å²) in [6, 6.07) is 0. The molecule has 0 heterocycles. The summed E-state index contributed by atoms with van der Waals surface area (Å²) < 4.78 is 0. The lowest BCUT2D eigenvalue weighted by molar-refractivity contribution is 0.0346. The third kappa shape index (κ3) is 6.06. The zero-order valence-electron chi connectivity index (χ0n) is 18.7. The first-order valence-electron chi connectivity index (χ1n) is 11.5. The van der Waals surface area contributed by atoms with Crippen molar-refractivity contribution in [3.63, 3.8) is 0 Å². The van der Waals surface area contributed by atoms with Crippen molar-refractivity contribution in [2.75, 3.05) is 0 Å². The standard InChI is InChI=1S/C24H50/c1-10-19(11-2)23(20(12-3)13-4)18(9)24(21(14-5)15-6)22(16-7)17-8/h18-24H,10-17H2,1-9H3. The molecule has 0 aliphatic rings. The van der Waals surface area contributed by atoms with Crippen molar-refractivity contribution >= 4 is 0 Å². The SMILES string of the molecule is CCC(CC)C(C(CC)CC)C(C)C(C(CC)CC)C(CC)CC. The van der Waals surface area contributed by atoms with E-state index in [1.54, 1.807) is 0 Å². The molecule has 0 aliphatic heterocycles. The molecule has 0 amide bonds. The predicted molar refractivity (Wildman–Crippen MR) is 112 cm³/mol. The van der Waals surface area contributed by atoms with Gasteiger partial charge < -0.3 is 0 Å². The maximum atomic E-state index is 2.64. The molecule has 0 saturated carbocycles. The Balaban J connectivity index is 5.80. The van der Waals surface area contributed by atoms with E-state index in [1.165, 1.54) is 51.4 Å². The Hall–Kier alpha value is 0. The van der Waals surface area contributed by atoms with Gasteiger partial charge in [-0.2, -0.15) is 0 Å². The highest BCUT2D eigenvalue weighted by molar-refractivity contribution is 4.88. The predicted octanol–water partition coefficient (Wildman–Crippen LogP) is 8.60. The second kappa shape index (κ2) is 13.2. The number of hydrogen-bond acceptors (Lipinski definition) is 0. The molecule has 0 N–H and O–H groups in total. The van der Waals surface area contributed by atoms with Crippen LogP contribution in [0.3, 0.4) is 0 Å². The van der Waals surface area contributed by atoms with Crippen LogP contribution < -0.4 is 0 Å². The molecule has 0 atom stereocenters. The Kier molecular flexibility index (Phi) is 13.2. The van der Waals surface area contributed by atoms with Gasteiger partial charge in [0.05, 0.1) is 0 Å². The second-order valence-electron chi connectivity index (χ2n) is 8.32. The van der Waals surface area contributed by atoms with Gasteiger partial charge >= 0.3 is 0 Å². The molecular formula is C24H50. The Bertz CT molecular complexity index is 214. The first kappa shape index (κ1) is 24.0. The minimum absolute atomic E-state index is 0.870. The van der Waals surface area contributed by atoms with E-state index in [-0.39, 0.29) is 0 Å². The van der Waals surface area contributed by atoms with E-state index >= 15 is 0 Å². The molecule has 0 aromatic heterocycles. The van der Waals surface area contributed by atoms with E-state index in [2.05, 4.69) is 62.3 Å². The maximum absolute atomic E-state index is 2.64. The van der Waals surface area contributed by atoms with E-state index in [9.17, 15) is 0 Å². The van der Waals surface area contributed by atoms with Gasteiger partial charge in [-0.05, 0) is 41.4 Å². The van der Waals surface area contributed by atoms with E-state index in [1.807, 2.05) is 0 Å². The van der Waals surface area contributed by atoms with Gasteiger partial charge in [-0.15, -0.1) is 0 Å². The summed E-state index contributed by atoms with van der Waals surface area (Å²) in [6.07, 6.45) is 10.9. The average Bonchev–Trinajstić information content (AvgIpc) is 2.62. The van der Waals surface area contributed by atoms with Crippen molar-refractivity contribution in [2.24, 2.45) is 41.4 Å². The van der Waals surface area contributed by atoms with Crippen LogP contribution in [0.25, 0.3) is 0 Å². The Labute approximate surface area is 155 Å². The van der Waals surface area contributed by atoms with E-state index in [0.29, 0.717) is 0 Å². The lowest BCUT2D eigenvalue weighted by atomic mass is 9.60. The summed E-state index contributed by atoms with van der Waals surface area (Å²) in [6.45, 7) is 22.1. The van der Waals surface area contributed by atoms with Crippen LogP contribution in [0.1, 0.15) is 114 Å². The normalized spacial score (nSPS) is 13.0. The minimum atomic E-state index is 0.870. The van der Waals surface area contributed by atoms with Crippen LogP contribution in [0.15, 0.2) is 0 Å². The molecule has 24 heavy (non-hydrogen) atoms. The highest BCUT2D eigenvalue weighted by Crippen LogP contribution is 2.46. The molecule has 146 valence electrons. The van der Waals surface area contributed by atoms with Crippen molar-refractivity contribution in [1.29, 1.82) is 0 Å². The molecule has 0 nitrogen and oxygen atoms in total. The summed E-state index contributed by atoms with van der Waals surface area (Å²) in [5.74, 6) is 6.36. The van der Waals surface area contributed by atoms with Crippen molar-refractivity contribution < 1.29 is 0 Å². The number of hydrogen-bond donors (Lipinski definition) is 0. The molecule has 0 unspecified atom stereocenters. The molecule has 0 rings (SSSR count). The molecule has 0 saturated heterocycles.